The zero-order valence-corrected chi connectivity index (χ0v) is 13.6. The van der Waals surface area contributed by atoms with Crippen molar-refractivity contribution in [3.63, 3.8) is 0 Å². The summed E-state index contributed by atoms with van der Waals surface area (Å²) in [4.78, 5) is 0. The second-order valence-electron chi connectivity index (χ2n) is 7.51. The number of aliphatic hydroxyl groups excluding tert-OH is 2. The number of aliphatic hydroxyl groups is 2. The molecule has 3 heteroatoms. The number of nitrogens with one attached hydrogen (secondary N) is 1. The molecule has 1 aliphatic rings. The van der Waals surface area contributed by atoms with Crippen LogP contribution < -0.4 is 5.32 Å². The van der Waals surface area contributed by atoms with Crippen LogP contribution in [0.25, 0.3) is 0 Å². The van der Waals surface area contributed by atoms with Gasteiger partial charge < -0.3 is 15.5 Å². The highest BCUT2D eigenvalue weighted by Gasteiger charge is 2.60. The second kappa shape index (κ2) is 6.07. The third-order valence-corrected chi connectivity index (χ3v) is 5.21. The molecule has 1 aromatic carbocycles. The van der Waals surface area contributed by atoms with E-state index in [2.05, 4.69) is 45.1 Å². The summed E-state index contributed by atoms with van der Waals surface area (Å²) in [5, 5.41) is 23.2. The van der Waals surface area contributed by atoms with Crippen LogP contribution >= 0.6 is 0 Å². The lowest BCUT2D eigenvalue weighted by molar-refractivity contribution is -0.183. The molecule has 3 nitrogen and oxygen atoms in total. The van der Waals surface area contributed by atoms with Crippen LogP contribution in [0.2, 0.25) is 0 Å². The van der Waals surface area contributed by atoms with Crippen molar-refractivity contribution >= 4 is 0 Å². The van der Waals surface area contributed by atoms with Gasteiger partial charge in [-0.3, -0.25) is 0 Å². The SMILES string of the molecule is CC1(C)C(O)C(C)(C)C1NCC(CCO)c1ccccc1. The van der Waals surface area contributed by atoms with Gasteiger partial charge >= 0.3 is 0 Å². The van der Waals surface area contributed by atoms with E-state index in [-0.39, 0.29) is 29.6 Å². The lowest BCUT2D eigenvalue weighted by Gasteiger charge is -2.62. The predicted octanol–water partition coefficient (Wildman–Crippen LogP) is 2.54. The Morgan fingerprint density at radius 2 is 1.67 bits per heavy atom. The monoisotopic (exact) mass is 291 g/mol. The minimum absolute atomic E-state index is 0.107. The number of benzene rings is 1. The lowest BCUT2D eigenvalue weighted by atomic mass is 9.49. The molecule has 0 aromatic heterocycles. The minimum atomic E-state index is -0.282. The average Bonchev–Trinajstić information content (AvgIpc) is 2.46. The molecule has 0 spiro atoms. The first-order chi connectivity index (χ1) is 9.81. The first-order valence-electron chi connectivity index (χ1n) is 7.89. The first-order valence-corrected chi connectivity index (χ1v) is 7.89. The topological polar surface area (TPSA) is 52.5 Å². The van der Waals surface area contributed by atoms with Crippen molar-refractivity contribution in [1.82, 2.24) is 5.32 Å². The summed E-state index contributed by atoms with van der Waals surface area (Å²) >= 11 is 0. The average molecular weight is 291 g/mol. The van der Waals surface area contributed by atoms with E-state index in [1.54, 1.807) is 0 Å². The summed E-state index contributed by atoms with van der Waals surface area (Å²) in [6.07, 6.45) is 0.475. The van der Waals surface area contributed by atoms with Crippen LogP contribution in [0.4, 0.5) is 0 Å². The third-order valence-electron chi connectivity index (χ3n) is 5.21. The van der Waals surface area contributed by atoms with E-state index in [0.29, 0.717) is 5.92 Å². The van der Waals surface area contributed by atoms with Gasteiger partial charge in [-0.05, 0) is 17.9 Å². The maximum Gasteiger partial charge on any atom is 0.0672 e. The standard InChI is InChI=1S/C18H29NO2/c1-17(2)15(18(3,4)16(17)21)19-12-14(10-11-20)13-8-6-5-7-9-13/h5-9,14-16,19-21H,10-12H2,1-4H3. The molecule has 21 heavy (non-hydrogen) atoms. The molecule has 1 aromatic rings. The van der Waals surface area contributed by atoms with Crippen molar-refractivity contribution in [2.24, 2.45) is 10.8 Å². The lowest BCUT2D eigenvalue weighted by Crippen LogP contribution is -2.72. The van der Waals surface area contributed by atoms with Crippen molar-refractivity contribution in [3.05, 3.63) is 35.9 Å². The molecule has 1 atom stereocenters. The quantitative estimate of drug-likeness (QED) is 0.755. The summed E-state index contributed by atoms with van der Waals surface area (Å²) in [5.41, 5.74) is 1.04. The van der Waals surface area contributed by atoms with Crippen molar-refractivity contribution in [2.75, 3.05) is 13.2 Å². The fraction of sp³-hybridized carbons (Fsp3) is 0.667. The summed E-state index contributed by atoms with van der Waals surface area (Å²) in [7, 11) is 0. The van der Waals surface area contributed by atoms with Gasteiger partial charge in [0.05, 0.1) is 6.10 Å². The molecule has 1 unspecified atom stereocenters. The molecule has 118 valence electrons. The molecular formula is C18H29NO2. The number of hydrogen-bond donors (Lipinski definition) is 3. The summed E-state index contributed by atoms with van der Waals surface area (Å²) < 4.78 is 0. The summed E-state index contributed by atoms with van der Waals surface area (Å²) in [6.45, 7) is 9.48. The molecule has 0 saturated heterocycles. The molecule has 3 N–H and O–H groups in total. The molecule has 0 heterocycles. The van der Waals surface area contributed by atoms with Crippen LogP contribution in [0.3, 0.4) is 0 Å². The molecule has 0 aliphatic heterocycles. The molecule has 2 rings (SSSR count). The van der Waals surface area contributed by atoms with Gasteiger partial charge in [0.25, 0.3) is 0 Å². The zero-order valence-electron chi connectivity index (χ0n) is 13.6. The van der Waals surface area contributed by atoms with Gasteiger partial charge in [0.1, 0.15) is 0 Å². The van der Waals surface area contributed by atoms with Gasteiger partial charge in [0, 0.05) is 30.0 Å². The largest absolute Gasteiger partial charge is 0.396 e. The van der Waals surface area contributed by atoms with Gasteiger partial charge in [-0.15, -0.1) is 0 Å². The van der Waals surface area contributed by atoms with E-state index in [1.807, 2.05) is 18.2 Å². The van der Waals surface area contributed by atoms with Gasteiger partial charge in [-0.2, -0.15) is 0 Å². The number of hydrogen-bond acceptors (Lipinski definition) is 3. The molecule has 1 aliphatic carbocycles. The van der Waals surface area contributed by atoms with E-state index in [9.17, 15) is 10.2 Å². The molecule has 0 bridgehead atoms. The van der Waals surface area contributed by atoms with E-state index >= 15 is 0 Å². The van der Waals surface area contributed by atoms with Gasteiger partial charge in [-0.1, -0.05) is 58.0 Å². The first kappa shape index (κ1) is 16.5. The van der Waals surface area contributed by atoms with Crippen molar-refractivity contribution < 1.29 is 10.2 Å². The van der Waals surface area contributed by atoms with Crippen molar-refractivity contribution in [1.29, 1.82) is 0 Å². The van der Waals surface area contributed by atoms with E-state index in [1.165, 1.54) is 5.56 Å². The molecule has 0 amide bonds. The molecular weight excluding hydrogens is 262 g/mol. The zero-order chi connectivity index (χ0) is 15.7. The van der Waals surface area contributed by atoms with Crippen LogP contribution in [0, 0.1) is 10.8 Å². The molecule has 0 radical (unpaired) electrons. The predicted molar refractivity (Wildman–Crippen MR) is 86.2 cm³/mol. The maximum absolute atomic E-state index is 10.3. The highest BCUT2D eigenvalue weighted by Crippen LogP contribution is 2.53. The van der Waals surface area contributed by atoms with Crippen LogP contribution in [0.1, 0.15) is 45.6 Å². The smallest absolute Gasteiger partial charge is 0.0672 e. The highest BCUT2D eigenvalue weighted by atomic mass is 16.3. The Bertz CT molecular complexity index is 440. The fourth-order valence-corrected chi connectivity index (χ4v) is 4.19. The Morgan fingerprint density at radius 3 is 2.19 bits per heavy atom. The molecule has 1 saturated carbocycles. The Labute approximate surface area is 128 Å². The van der Waals surface area contributed by atoms with Gasteiger partial charge in [0.2, 0.25) is 0 Å². The van der Waals surface area contributed by atoms with Crippen LogP contribution in [-0.4, -0.2) is 35.5 Å². The Kier molecular flexibility index (Phi) is 4.76. The fourth-order valence-electron chi connectivity index (χ4n) is 4.19. The van der Waals surface area contributed by atoms with E-state index < -0.39 is 0 Å². The normalized spacial score (nSPS) is 27.9. The second-order valence-corrected chi connectivity index (χ2v) is 7.51. The van der Waals surface area contributed by atoms with Gasteiger partial charge in [0.15, 0.2) is 0 Å². The third kappa shape index (κ3) is 3.01. The summed E-state index contributed by atoms with van der Waals surface area (Å²) in [6, 6.07) is 10.6. The summed E-state index contributed by atoms with van der Waals surface area (Å²) in [5.74, 6) is 0.306. The van der Waals surface area contributed by atoms with E-state index in [4.69, 9.17) is 0 Å². The minimum Gasteiger partial charge on any atom is -0.396 e. The van der Waals surface area contributed by atoms with E-state index in [0.717, 1.165) is 13.0 Å². The van der Waals surface area contributed by atoms with Gasteiger partial charge in [-0.25, -0.2) is 0 Å². The van der Waals surface area contributed by atoms with Crippen LogP contribution in [0.15, 0.2) is 30.3 Å². The highest BCUT2D eigenvalue weighted by molar-refractivity contribution is 5.21. The Hall–Kier alpha value is -0.900. The number of rotatable bonds is 6. The Balaban J connectivity index is 2.03. The maximum atomic E-state index is 10.3. The molecule has 1 fully saturated rings. The van der Waals surface area contributed by atoms with Crippen molar-refractivity contribution in [3.8, 4) is 0 Å². The van der Waals surface area contributed by atoms with Crippen molar-refractivity contribution in [2.45, 2.75) is 52.2 Å². The van der Waals surface area contributed by atoms with Crippen LogP contribution in [0.5, 0.6) is 0 Å². The van der Waals surface area contributed by atoms with Crippen LogP contribution in [-0.2, 0) is 0 Å². The Morgan fingerprint density at radius 1 is 1.10 bits per heavy atom.